The van der Waals surface area contributed by atoms with E-state index in [1.54, 1.807) is 24.3 Å². The number of benzene rings is 1. The molecule has 0 saturated heterocycles. The van der Waals surface area contributed by atoms with Crippen molar-refractivity contribution in [1.29, 1.82) is 0 Å². The van der Waals surface area contributed by atoms with Gasteiger partial charge in [0, 0.05) is 5.54 Å². The second kappa shape index (κ2) is 4.64. The van der Waals surface area contributed by atoms with E-state index in [9.17, 15) is 13.5 Å². The number of hydrogen-bond acceptors (Lipinski definition) is 3. The van der Waals surface area contributed by atoms with Crippen LogP contribution in [0.3, 0.4) is 0 Å². The summed E-state index contributed by atoms with van der Waals surface area (Å²) in [6.07, 6.45) is 1.71. The summed E-state index contributed by atoms with van der Waals surface area (Å²) in [5, 5.41) is 9.75. The zero-order valence-electron chi connectivity index (χ0n) is 10.7. The largest absolute Gasteiger partial charge is 0.388 e. The van der Waals surface area contributed by atoms with Gasteiger partial charge in [-0.1, -0.05) is 19.1 Å². The van der Waals surface area contributed by atoms with E-state index in [0.717, 1.165) is 12.8 Å². The Morgan fingerprint density at radius 2 is 2.11 bits per heavy atom. The molecule has 1 aliphatic rings. The van der Waals surface area contributed by atoms with Gasteiger partial charge < -0.3 is 5.11 Å². The highest BCUT2D eigenvalue weighted by atomic mass is 32.2. The number of nitrogens with one attached hydrogen (secondary N) is 1. The minimum atomic E-state index is -3.48. The Kier molecular flexibility index (Phi) is 3.49. The first kappa shape index (κ1) is 13.5. The van der Waals surface area contributed by atoms with Crippen molar-refractivity contribution in [3.63, 3.8) is 0 Å². The summed E-state index contributed by atoms with van der Waals surface area (Å²) in [4.78, 5) is 0.223. The van der Waals surface area contributed by atoms with Crippen molar-refractivity contribution < 1.29 is 13.5 Å². The van der Waals surface area contributed by atoms with E-state index in [2.05, 4.69) is 4.72 Å². The number of aliphatic hydroxyl groups excluding tert-OH is 1. The van der Waals surface area contributed by atoms with Gasteiger partial charge in [0.15, 0.2) is 0 Å². The van der Waals surface area contributed by atoms with E-state index in [-0.39, 0.29) is 10.4 Å². The molecule has 1 aromatic carbocycles. The first-order valence-corrected chi connectivity index (χ1v) is 7.67. The zero-order chi connectivity index (χ0) is 13.4. The van der Waals surface area contributed by atoms with Crippen LogP contribution in [0.15, 0.2) is 29.2 Å². The molecule has 1 atom stereocenters. The molecule has 0 spiro atoms. The Balaban J connectivity index is 2.27. The first-order valence-electron chi connectivity index (χ1n) is 6.18. The van der Waals surface area contributed by atoms with Crippen LogP contribution < -0.4 is 4.72 Å². The van der Waals surface area contributed by atoms with Crippen molar-refractivity contribution in [2.75, 3.05) is 0 Å². The molecule has 18 heavy (non-hydrogen) atoms. The second-order valence-corrected chi connectivity index (χ2v) is 6.85. The SMILES string of the molecule is CCC(O)c1cccc(S(=O)(=O)NC2(C)CC2)c1. The zero-order valence-corrected chi connectivity index (χ0v) is 11.5. The van der Waals surface area contributed by atoms with Gasteiger partial charge in [0.2, 0.25) is 10.0 Å². The quantitative estimate of drug-likeness (QED) is 0.858. The van der Waals surface area contributed by atoms with Gasteiger partial charge in [-0.05, 0) is 43.9 Å². The Hall–Kier alpha value is -0.910. The Morgan fingerprint density at radius 3 is 2.67 bits per heavy atom. The van der Waals surface area contributed by atoms with Crippen molar-refractivity contribution in [3.8, 4) is 0 Å². The summed E-state index contributed by atoms with van der Waals surface area (Å²) in [6.45, 7) is 3.75. The maximum atomic E-state index is 12.2. The van der Waals surface area contributed by atoms with Gasteiger partial charge >= 0.3 is 0 Å². The first-order chi connectivity index (χ1) is 8.36. The van der Waals surface area contributed by atoms with E-state index >= 15 is 0 Å². The maximum Gasteiger partial charge on any atom is 0.241 e. The maximum absolute atomic E-state index is 12.2. The van der Waals surface area contributed by atoms with E-state index in [1.807, 2.05) is 13.8 Å². The summed E-state index contributed by atoms with van der Waals surface area (Å²) in [5.74, 6) is 0. The van der Waals surface area contributed by atoms with Crippen LogP contribution in [0.2, 0.25) is 0 Å². The van der Waals surface area contributed by atoms with E-state index in [4.69, 9.17) is 0 Å². The van der Waals surface area contributed by atoms with Gasteiger partial charge in [-0.2, -0.15) is 0 Å². The van der Waals surface area contributed by atoms with Gasteiger partial charge in [-0.3, -0.25) is 0 Å². The van der Waals surface area contributed by atoms with Crippen molar-refractivity contribution in [2.24, 2.45) is 0 Å². The fourth-order valence-electron chi connectivity index (χ4n) is 1.80. The molecule has 5 heteroatoms. The third-order valence-corrected chi connectivity index (χ3v) is 4.96. The normalized spacial score (nSPS) is 19.5. The molecule has 1 fully saturated rings. The molecular weight excluding hydrogens is 250 g/mol. The Bertz CT molecular complexity index is 535. The summed E-state index contributed by atoms with van der Waals surface area (Å²) >= 11 is 0. The average molecular weight is 269 g/mol. The fraction of sp³-hybridized carbons (Fsp3) is 0.538. The molecule has 1 aromatic rings. The number of hydrogen-bond donors (Lipinski definition) is 2. The molecule has 0 amide bonds. The Morgan fingerprint density at radius 1 is 1.44 bits per heavy atom. The van der Waals surface area contributed by atoms with Crippen LogP contribution in [-0.2, 0) is 10.0 Å². The van der Waals surface area contributed by atoms with Crippen LogP contribution >= 0.6 is 0 Å². The number of sulfonamides is 1. The summed E-state index contributed by atoms with van der Waals surface area (Å²) < 4.78 is 27.0. The minimum absolute atomic E-state index is 0.223. The molecule has 0 heterocycles. The van der Waals surface area contributed by atoms with Gasteiger partial charge in [-0.25, -0.2) is 13.1 Å². The van der Waals surface area contributed by atoms with E-state index in [0.29, 0.717) is 12.0 Å². The molecule has 1 unspecified atom stereocenters. The lowest BCUT2D eigenvalue weighted by molar-refractivity contribution is 0.173. The average Bonchev–Trinajstić information content (AvgIpc) is 3.05. The monoisotopic (exact) mass is 269 g/mol. The lowest BCUT2D eigenvalue weighted by Crippen LogP contribution is -2.34. The lowest BCUT2D eigenvalue weighted by Gasteiger charge is -2.14. The van der Waals surface area contributed by atoms with E-state index < -0.39 is 16.1 Å². The summed E-state index contributed by atoms with van der Waals surface area (Å²) in [5.41, 5.74) is 0.361. The van der Waals surface area contributed by atoms with Crippen molar-refractivity contribution in [2.45, 2.75) is 49.6 Å². The van der Waals surface area contributed by atoms with Crippen LogP contribution in [0.5, 0.6) is 0 Å². The van der Waals surface area contributed by atoms with Gasteiger partial charge in [0.25, 0.3) is 0 Å². The Labute approximate surface area is 108 Å². The molecule has 1 saturated carbocycles. The van der Waals surface area contributed by atoms with Crippen molar-refractivity contribution >= 4 is 10.0 Å². The standard InChI is InChI=1S/C13H19NO3S/c1-3-12(15)10-5-4-6-11(9-10)18(16,17)14-13(2)7-8-13/h4-6,9,12,14-15H,3,7-8H2,1-2H3. The van der Waals surface area contributed by atoms with Crippen LogP contribution in [0.1, 0.15) is 44.8 Å². The molecule has 0 radical (unpaired) electrons. The number of aliphatic hydroxyl groups is 1. The molecule has 4 nitrogen and oxygen atoms in total. The predicted octanol–water partition coefficient (Wildman–Crippen LogP) is 1.96. The molecule has 2 N–H and O–H groups in total. The molecule has 100 valence electrons. The molecule has 0 bridgehead atoms. The van der Waals surface area contributed by atoms with Crippen molar-refractivity contribution in [1.82, 2.24) is 4.72 Å². The topological polar surface area (TPSA) is 66.4 Å². The molecule has 0 aromatic heterocycles. The fourth-order valence-corrected chi connectivity index (χ4v) is 3.32. The van der Waals surface area contributed by atoms with Crippen LogP contribution in [0.25, 0.3) is 0 Å². The number of rotatable bonds is 5. The van der Waals surface area contributed by atoms with Crippen LogP contribution in [0.4, 0.5) is 0 Å². The minimum Gasteiger partial charge on any atom is -0.388 e. The highest BCUT2D eigenvalue weighted by Gasteiger charge is 2.41. The highest BCUT2D eigenvalue weighted by Crippen LogP contribution is 2.36. The van der Waals surface area contributed by atoms with Gasteiger partial charge in [0.1, 0.15) is 0 Å². The van der Waals surface area contributed by atoms with Crippen LogP contribution in [-0.4, -0.2) is 19.1 Å². The van der Waals surface area contributed by atoms with Gasteiger partial charge in [-0.15, -0.1) is 0 Å². The third kappa shape index (κ3) is 2.91. The summed E-state index contributed by atoms with van der Waals surface area (Å²) in [6, 6.07) is 6.51. The van der Waals surface area contributed by atoms with E-state index in [1.165, 1.54) is 0 Å². The second-order valence-electron chi connectivity index (χ2n) is 5.16. The molecule has 1 aliphatic carbocycles. The molecular formula is C13H19NO3S. The van der Waals surface area contributed by atoms with Gasteiger partial charge in [0.05, 0.1) is 11.0 Å². The summed E-state index contributed by atoms with van der Waals surface area (Å²) in [7, 11) is -3.48. The van der Waals surface area contributed by atoms with Crippen LogP contribution in [0, 0.1) is 0 Å². The smallest absolute Gasteiger partial charge is 0.241 e. The molecule has 0 aliphatic heterocycles. The molecule has 2 rings (SSSR count). The lowest BCUT2D eigenvalue weighted by atomic mass is 10.1. The highest BCUT2D eigenvalue weighted by molar-refractivity contribution is 7.89. The predicted molar refractivity (Wildman–Crippen MR) is 69.7 cm³/mol. The third-order valence-electron chi connectivity index (χ3n) is 3.32. The van der Waals surface area contributed by atoms with Crippen molar-refractivity contribution in [3.05, 3.63) is 29.8 Å².